The highest BCUT2D eigenvalue weighted by molar-refractivity contribution is 5.75. The summed E-state index contributed by atoms with van der Waals surface area (Å²) in [5.41, 5.74) is 0. The van der Waals surface area contributed by atoms with E-state index in [1.165, 1.54) is 7.11 Å². The van der Waals surface area contributed by atoms with Crippen molar-refractivity contribution in [2.45, 2.75) is 31.5 Å². The van der Waals surface area contributed by atoms with Crippen LogP contribution in [0.4, 0.5) is 13.2 Å². The normalized spacial score (nSPS) is 21.9. The van der Waals surface area contributed by atoms with E-state index in [9.17, 15) is 18.0 Å². The Morgan fingerprint density at radius 1 is 1.39 bits per heavy atom. The Bertz CT molecular complexity index is 271. The van der Waals surface area contributed by atoms with Crippen molar-refractivity contribution in [2.75, 3.05) is 33.4 Å². The van der Waals surface area contributed by atoms with Gasteiger partial charge in [-0.25, -0.2) is 0 Å². The lowest BCUT2D eigenvalue weighted by Crippen LogP contribution is -2.46. The summed E-state index contributed by atoms with van der Waals surface area (Å²) in [5.74, 6) is -0.328. The molecular weight excluding hydrogens is 251 g/mol. The fraction of sp³-hybridized carbons (Fsp3) is 0.909. The summed E-state index contributed by atoms with van der Waals surface area (Å²) in [6.07, 6.45) is -1.75. The first kappa shape index (κ1) is 15.2. The highest BCUT2D eigenvalue weighted by Gasteiger charge is 2.30. The van der Waals surface area contributed by atoms with Gasteiger partial charge in [-0.2, -0.15) is 13.2 Å². The monoisotopic (exact) mass is 269 g/mol. The van der Waals surface area contributed by atoms with Crippen molar-refractivity contribution in [1.82, 2.24) is 4.90 Å². The van der Waals surface area contributed by atoms with Gasteiger partial charge in [0.1, 0.15) is 12.6 Å². The number of methoxy groups -OCH3 is 1. The van der Waals surface area contributed by atoms with Crippen LogP contribution in [0.3, 0.4) is 0 Å². The fourth-order valence-corrected chi connectivity index (χ4v) is 2.03. The van der Waals surface area contributed by atoms with Crippen LogP contribution in [-0.2, 0) is 14.3 Å². The van der Waals surface area contributed by atoms with Gasteiger partial charge < -0.3 is 9.47 Å². The van der Waals surface area contributed by atoms with Crippen molar-refractivity contribution in [3.05, 3.63) is 0 Å². The number of hydrogen-bond donors (Lipinski definition) is 0. The minimum absolute atomic E-state index is 0.0347. The number of rotatable bonds is 5. The molecule has 106 valence electrons. The number of piperidine rings is 1. The van der Waals surface area contributed by atoms with Gasteiger partial charge in [0.05, 0.1) is 13.7 Å². The van der Waals surface area contributed by atoms with Crippen molar-refractivity contribution >= 4 is 5.97 Å². The van der Waals surface area contributed by atoms with E-state index in [-0.39, 0.29) is 18.6 Å². The SMILES string of the molecule is COC(=O)C1CCCCN1CCOCC(F)(F)F. The predicted octanol–water partition coefficient (Wildman–Crippen LogP) is 1.59. The minimum atomic E-state index is -4.30. The van der Waals surface area contributed by atoms with Crippen molar-refractivity contribution in [3.63, 3.8) is 0 Å². The van der Waals surface area contributed by atoms with E-state index in [4.69, 9.17) is 0 Å². The molecule has 1 atom stereocenters. The second kappa shape index (κ2) is 6.94. The molecule has 18 heavy (non-hydrogen) atoms. The lowest BCUT2D eigenvalue weighted by Gasteiger charge is -2.33. The van der Waals surface area contributed by atoms with Gasteiger partial charge in [-0.15, -0.1) is 0 Å². The predicted molar refractivity (Wildman–Crippen MR) is 58.1 cm³/mol. The molecule has 1 aliphatic heterocycles. The third-order valence-electron chi connectivity index (χ3n) is 2.88. The number of halogens is 3. The summed E-state index contributed by atoms with van der Waals surface area (Å²) < 4.78 is 44.8. The maximum atomic E-state index is 11.9. The average molecular weight is 269 g/mol. The standard InChI is InChI=1S/C11H18F3NO3/c1-17-10(16)9-4-2-3-5-15(9)6-7-18-8-11(12,13)14/h9H,2-8H2,1H3. The minimum Gasteiger partial charge on any atom is -0.468 e. The summed E-state index contributed by atoms with van der Waals surface area (Å²) in [4.78, 5) is 13.3. The second-order valence-electron chi connectivity index (χ2n) is 4.24. The number of hydrogen-bond acceptors (Lipinski definition) is 4. The third-order valence-corrected chi connectivity index (χ3v) is 2.88. The van der Waals surface area contributed by atoms with E-state index < -0.39 is 12.8 Å². The Balaban J connectivity index is 2.32. The maximum Gasteiger partial charge on any atom is 0.411 e. The van der Waals surface area contributed by atoms with Gasteiger partial charge in [0.25, 0.3) is 0 Å². The summed E-state index contributed by atoms with van der Waals surface area (Å²) in [6.45, 7) is -0.276. The number of carbonyl (C=O) groups excluding carboxylic acids is 1. The molecule has 0 amide bonds. The van der Waals surface area contributed by atoms with Gasteiger partial charge in [-0.05, 0) is 19.4 Å². The topological polar surface area (TPSA) is 38.8 Å². The van der Waals surface area contributed by atoms with E-state index in [1.54, 1.807) is 0 Å². The molecule has 0 aromatic heterocycles. The van der Waals surface area contributed by atoms with Crippen LogP contribution in [0.5, 0.6) is 0 Å². The van der Waals surface area contributed by atoms with Crippen LogP contribution in [0, 0.1) is 0 Å². The van der Waals surface area contributed by atoms with Crippen molar-refractivity contribution in [1.29, 1.82) is 0 Å². The molecule has 1 heterocycles. The smallest absolute Gasteiger partial charge is 0.411 e. The Morgan fingerprint density at radius 2 is 2.11 bits per heavy atom. The number of likely N-dealkylation sites (tertiary alicyclic amines) is 1. The quantitative estimate of drug-likeness (QED) is 0.561. The number of esters is 1. The van der Waals surface area contributed by atoms with Crippen LogP contribution in [0.1, 0.15) is 19.3 Å². The molecule has 7 heteroatoms. The van der Waals surface area contributed by atoms with Crippen LogP contribution in [0.25, 0.3) is 0 Å². The van der Waals surface area contributed by atoms with Gasteiger partial charge in [-0.3, -0.25) is 9.69 Å². The zero-order valence-corrected chi connectivity index (χ0v) is 10.3. The van der Waals surface area contributed by atoms with Gasteiger partial charge in [0, 0.05) is 6.54 Å². The molecule has 0 N–H and O–H groups in total. The van der Waals surface area contributed by atoms with E-state index in [2.05, 4.69) is 9.47 Å². The molecular formula is C11H18F3NO3. The molecule has 1 fully saturated rings. The largest absolute Gasteiger partial charge is 0.468 e. The Hall–Kier alpha value is -0.820. The summed E-state index contributed by atoms with van der Waals surface area (Å²) in [5, 5.41) is 0. The fourth-order valence-electron chi connectivity index (χ4n) is 2.03. The van der Waals surface area contributed by atoms with E-state index >= 15 is 0 Å². The first-order valence-electron chi connectivity index (χ1n) is 5.90. The molecule has 0 radical (unpaired) electrons. The Kier molecular flexibility index (Phi) is 5.87. The molecule has 1 unspecified atom stereocenters. The molecule has 0 aliphatic carbocycles. The highest BCUT2D eigenvalue weighted by atomic mass is 19.4. The molecule has 0 saturated carbocycles. The number of alkyl halides is 3. The lowest BCUT2D eigenvalue weighted by molar-refractivity contribution is -0.175. The maximum absolute atomic E-state index is 11.9. The van der Waals surface area contributed by atoms with Gasteiger partial charge in [-0.1, -0.05) is 6.42 Å². The zero-order chi connectivity index (χ0) is 13.6. The highest BCUT2D eigenvalue weighted by Crippen LogP contribution is 2.18. The molecule has 0 spiro atoms. The first-order valence-corrected chi connectivity index (χ1v) is 5.90. The number of ether oxygens (including phenoxy) is 2. The van der Waals surface area contributed by atoms with Gasteiger partial charge in [0.15, 0.2) is 0 Å². The van der Waals surface area contributed by atoms with E-state index in [0.29, 0.717) is 19.5 Å². The second-order valence-corrected chi connectivity index (χ2v) is 4.24. The number of nitrogens with zero attached hydrogens (tertiary/aromatic N) is 1. The number of carbonyl (C=O) groups is 1. The van der Waals surface area contributed by atoms with Crippen LogP contribution >= 0.6 is 0 Å². The molecule has 4 nitrogen and oxygen atoms in total. The molecule has 1 saturated heterocycles. The van der Waals surface area contributed by atoms with Gasteiger partial charge in [0.2, 0.25) is 0 Å². The van der Waals surface area contributed by atoms with E-state index in [1.807, 2.05) is 4.90 Å². The van der Waals surface area contributed by atoms with Crippen molar-refractivity contribution < 1.29 is 27.4 Å². The third kappa shape index (κ3) is 5.22. The molecule has 1 rings (SSSR count). The van der Waals surface area contributed by atoms with Gasteiger partial charge >= 0.3 is 12.1 Å². The zero-order valence-electron chi connectivity index (χ0n) is 10.3. The summed E-state index contributed by atoms with van der Waals surface area (Å²) >= 11 is 0. The van der Waals surface area contributed by atoms with Crippen LogP contribution < -0.4 is 0 Å². The lowest BCUT2D eigenvalue weighted by atomic mass is 10.0. The molecule has 0 aromatic carbocycles. The Labute approximate surface area is 104 Å². The summed E-state index contributed by atoms with van der Waals surface area (Å²) in [6, 6.07) is -0.349. The molecule has 1 aliphatic rings. The molecule has 0 bridgehead atoms. The van der Waals surface area contributed by atoms with Crippen LogP contribution in [-0.4, -0.2) is 56.5 Å². The van der Waals surface area contributed by atoms with E-state index in [0.717, 1.165) is 12.8 Å². The van der Waals surface area contributed by atoms with Crippen LogP contribution in [0.15, 0.2) is 0 Å². The Morgan fingerprint density at radius 3 is 2.72 bits per heavy atom. The first-order chi connectivity index (χ1) is 8.44. The van der Waals surface area contributed by atoms with Crippen molar-refractivity contribution in [2.24, 2.45) is 0 Å². The van der Waals surface area contributed by atoms with Crippen LogP contribution in [0.2, 0.25) is 0 Å². The average Bonchev–Trinajstić information content (AvgIpc) is 2.33. The summed E-state index contributed by atoms with van der Waals surface area (Å²) in [7, 11) is 1.31. The van der Waals surface area contributed by atoms with Crippen molar-refractivity contribution in [3.8, 4) is 0 Å². The molecule has 0 aromatic rings.